The van der Waals surface area contributed by atoms with Crippen molar-refractivity contribution in [1.29, 1.82) is 0 Å². The predicted octanol–water partition coefficient (Wildman–Crippen LogP) is 4.31. The number of hydrogen-bond donors (Lipinski definition) is 0. The number of rotatable bonds is 4. The maximum atomic E-state index is 13.3. The van der Waals surface area contributed by atoms with Gasteiger partial charge in [-0.3, -0.25) is 9.47 Å². The van der Waals surface area contributed by atoms with Gasteiger partial charge in [-0.25, -0.2) is 24.7 Å². The summed E-state index contributed by atoms with van der Waals surface area (Å²) in [6.07, 6.45) is -3.68. The van der Waals surface area contributed by atoms with Crippen LogP contribution in [-0.2, 0) is 16.0 Å². The monoisotopic (exact) mass is 527 g/mol. The Kier molecular flexibility index (Phi) is 6.97. The van der Waals surface area contributed by atoms with Gasteiger partial charge < -0.3 is 14.4 Å². The minimum Gasteiger partial charge on any atom is -0.443 e. The number of aromatic nitrogens is 5. The molecule has 0 atom stereocenters. The molecule has 3 aromatic rings. The number of pyridine rings is 1. The molecule has 0 bridgehead atoms. The second kappa shape index (κ2) is 9.69. The molecule has 1 aliphatic heterocycles. The van der Waals surface area contributed by atoms with E-state index in [2.05, 4.69) is 19.9 Å². The number of amides is 1. The minimum atomic E-state index is -4.53. The summed E-state index contributed by atoms with van der Waals surface area (Å²) >= 11 is 6.09. The Morgan fingerprint density at radius 3 is 2.44 bits per heavy atom. The highest BCUT2D eigenvalue weighted by molar-refractivity contribution is 6.29. The smallest absolute Gasteiger partial charge is 0.415 e. The molecule has 1 amide bonds. The molecule has 1 saturated heterocycles. The summed E-state index contributed by atoms with van der Waals surface area (Å²) in [5.74, 6) is 0.812. The maximum Gasteiger partial charge on any atom is 0.415 e. The number of halogens is 4. The second-order valence-electron chi connectivity index (χ2n) is 9.17. The fraction of sp³-hybridized carbons (Fsp3) is 0.500. The van der Waals surface area contributed by atoms with Crippen molar-refractivity contribution in [2.75, 3.05) is 43.2 Å². The van der Waals surface area contributed by atoms with Crippen LogP contribution in [0.15, 0.2) is 18.3 Å². The average molecular weight is 528 g/mol. The predicted molar refractivity (Wildman–Crippen MR) is 127 cm³/mol. The van der Waals surface area contributed by atoms with E-state index in [1.807, 2.05) is 4.90 Å². The number of morpholine rings is 1. The van der Waals surface area contributed by atoms with Gasteiger partial charge in [0.15, 0.2) is 22.8 Å². The van der Waals surface area contributed by atoms with Crippen LogP contribution in [0.25, 0.3) is 22.6 Å². The third kappa shape index (κ3) is 5.78. The van der Waals surface area contributed by atoms with Crippen LogP contribution in [-0.4, -0.2) is 75.7 Å². The number of fused-ring (bicyclic) bond motifs is 1. The Labute approximate surface area is 210 Å². The molecule has 0 unspecified atom stereocenters. The molecule has 0 radical (unpaired) electrons. The van der Waals surface area contributed by atoms with E-state index >= 15 is 0 Å². The highest BCUT2D eigenvalue weighted by Gasteiger charge is 2.32. The largest absolute Gasteiger partial charge is 0.443 e. The Hall–Kier alpha value is -3.19. The number of ether oxygens (including phenoxy) is 2. The molecule has 1 fully saturated rings. The molecule has 0 N–H and O–H groups in total. The van der Waals surface area contributed by atoms with Crippen molar-refractivity contribution in [2.24, 2.45) is 0 Å². The molecule has 0 spiro atoms. The van der Waals surface area contributed by atoms with Crippen molar-refractivity contribution in [3.8, 4) is 11.4 Å². The summed E-state index contributed by atoms with van der Waals surface area (Å²) < 4.78 is 51.3. The van der Waals surface area contributed by atoms with Gasteiger partial charge in [-0.05, 0) is 44.5 Å². The summed E-state index contributed by atoms with van der Waals surface area (Å²) in [5, 5.41) is -0.337. The highest BCUT2D eigenvalue weighted by atomic mass is 35.5. The van der Waals surface area contributed by atoms with E-state index in [0.29, 0.717) is 43.5 Å². The average Bonchev–Trinajstić information content (AvgIpc) is 3.11. The molecule has 0 aromatic carbocycles. The van der Waals surface area contributed by atoms with Crippen molar-refractivity contribution in [1.82, 2.24) is 24.5 Å². The lowest BCUT2D eigenvalue weighted by molar-refractivity contribution is -0.140. The van der Waals surface area contributed by atoms with E-state index in [0.717, 1.165) is 4.57 Å². The highest BCUT2D eigenvalue weighted by Crippen LogP contribution is 2.32. The number of carbonyl (C=O) groups is 1. The van der Waals surface area contributed by atoms with Crippen LogP contribution in [0, 0.1) is 0 Å². The first kappa shape index (κ1) is 25.9. The number of carbonyl (C=O) groups excluding carboxylic acids is 1. The fourth-order valence-electron chi connectivity index (χ4n) is 3.54. The van der Waals surface area contributed by atoms with Crippen LogP contribution < -0.4 is 9.80 Å². The standard InChI is InChI=1S/C22H25ClF3N7O3/c1-21(2,3)36-20(34)31(4)14-6-5-13(11-27-14)16-29-17(32-7-9-35-10-8-32)15-18(30-16)33(19(23)28-15)12-22(24,25)26/h5-6,11H,7-10,12H2,1-4H3. The van der Waals surface area contributed by atoms with Crippen LogP contribution in [0.2, 0.25) is 5.28 Å². The summed E-state index contributed by atoms with van der Waals surface area (Å²) in [6, 6.07) is 3.20. The summed E-state index contributed by atoms with van der Waals surface area (Å²) in [6.45, 7) is 5.75. The van der Waals surface area contributed by atoms with Crippen LogP contribution in [0.5, 0.6) is 0 Å². The van der Waals surface area contributed by atoms with E-state index in [1.165, 1.54) is 18.1 Å². The van der Waals surface area contributed by atoms with Gasteiger partial charge >= 0.3 is 12.3 Å². The van der Waals surface area contributed by atoms with Crippen LogP contribution >= 0.6 is 11.6 Å². The van der Waals surface area contributed by atoms with E-state index in [9.17, 15) is 18.0 Å². The van der Waals surface area contributed by atoms with Gasteiger partial charge in [0.05, 0.1) is 13.2 Å². The summed E-state index contributed by atoms with van der Waals surface area (Å²) in [4.78, 5) is 32.9. The first-order valence-electron chi connectivity index (χ1n) is 11.1. The number of anilines is 2. The first-order valence-corrected chi connectivity index (χ1v) is 11.5. The van der Waals surface area contributed by atoms with Crippen molar-refractivity contribution >= 4 is 40.5 Å². The molecule has 4 rings (SSSR count). The molecule has 1 aliphatic rings. The lowest BCUT2D eigenvalue weighted by Gasteiger charge is -2.28. The van der Waals surface area contributed by atoms with Gasteiger partial charge in [0.1, 0.15) is 18.0 Å². The number of nitrogens with zero attached hydrogens (tertiary/aromatic N) is 7. The zero-order valence-electron chi connectivity index (χ0n) is 20.1. The van der Waals surface area contributed by atoms with Crippen LogP contribution in [0.3, 0.4) is 0 Å². The van der Waals surface area contributed by atoms with Gasteiger partial charge in [-0.2, -0.15) is 13.2 Å². The summed E-state index contributed by atoms with van der Waals surface area (Å²) in [7, 11) is 1.52. The van der Waals surface area contributed by atoms with Crippen molar-refractivity contribution in [2.45, 2.75) is 39.1 Å². The van der Waals surface area contributed by atoms with Gasteiger partial charge in [-0.1, -0.05) is 0 Å². The van der Waals surface area contributed by atoms with Gasteiger partial charge in [0.25, 0.3) is 0 Å². The third-order valence-electron chi connectivity index (χ3n) is 5.19. The minimum absolute atomic E-state index is 0.0428. The number of imidazole rings is 1. The quantitative estimate of drug-likeness (QED) is 0.463. The lowest BCUT2D eigenvalue weighted by atomic mass is 10.2. The number of alkyl halides is 3. The van der Waals surface area contributed by atoms with E-state index in [4.69, 9.17) is 21.1 Å². The van der Waals surface area contributed by atoms with Gasteiger partial charge in [0, 0.05) is 31.9 Å². The van der Waals surface area contributed by atoms with Crippen molar-refractivity contribution in [3.05, 3.63) is 23.6 Å². The molecular formula is C22H25ClF3N7O3. The molecule has 0 aliphatic carbocycles. The van der Waals surface area contributed by atoms with Crippen molar-refractivity contribution in [3.63, 3.8) is 0 Å². The second-order valence-corrected chi connectivity index (χ2v) is 9.51. The zero-order valence-corrected chi connectivity index (χ0v) is 20.9. The van der Waals surface area contributed by atoms with Crippen LogP contribution in [0.1, 0.15) is 20.8 Å². The Morgan fingerprint density at radius 2 is 1.86 bits per heavy atom. The SMILES string of the molecule is CN(C(=O)OC(C)(C)C)c1ccc(-c2nc(N3CCOCC3)c3nc(Cl)n(CC(F)(F)F)c3n2)cn1. The molecule has 14 heteroatoms. The van der Waals surface area contributed by atoms with E-state index < -0.39 is 24.4 Å². The zero-order chi connectivity index (χ0) is 26.3. The van der Waals surface area contributed by atoms with E-state index in [1.54, 1.807) is 32.9 Å². The van der Waals surface area contributed by atoms with Gasteiger partial charge in [-0.15, -0.1) is 0 Å². The Morgan fingerprint density at radius 1 is 1.17 bits per heavy atom. The third-order valence-corrected chi connectivity index (χ3v) is 5.48. The molecule has 0 saturated carbocycles. The molecule has 3 aromatic heterocycles. The molecule has 4 heterocycles. The first-order chi connectivity index (χ1) is 16.8. The molecule has 36 heavy (non-hydrogen) atoms. The topological polar surface area (TPSA) is 98.5 Å². The van der Waals surface area contributed by atoms with Gasteiger partial charge in [0.2, 0.25) is 5.28 Å². The molecule has 194 valence electrons. The Balaban J connectivity index is 1.75. The molecule has 10 nitrogen and oxygen atoms in total. The normalized spacial score (nSPS) is 14.8. The summed E-state index contributed by atoms with van der Waals surface area (Å²) in [5.41, 5.74) is -0.114. The van der Waals surface area contributed by atoms with E-state index in [-0.39, 0.29) is 22.3 Å². The maximum absolute atomic E-state index is 13.3. The molecular weight excluding hydrogens is 503 g/mol. The fourth-order valence-corrected chi connectivity index (χ4v) is 3.77. The Bertz CT molecular complexity index is 1250. The van der Waals surface area contributed by atoms with Crippen LogP contribution in [0.4, 0.5) is 29.6 Å². The number of hydrogen-bond acceptors (Lipinski definition) is 8. The van der Waals surface area contributed by atoms with Crippen molar-refractivity contribution < 1.29 is 27.4 Å². The lowest BCUT2D eigenvalue weighted by Crippen LogP contribution is -2.37.